The van der Waals surface area contributed by atoms with Gasteiger partial charge in [-0.3, -0.25) is 14.9 Å². The van der Waals surface area contributed by atoms with Gasteiger partial charge in [0.15, 0.2) is 0 Å². The van der Waals surface area contributed by atoms with Crippen molar-refractivity contribution in [3.63, 3.8) is 0 Å². The summed E-state index contributed by atoms with van der Waals surface area (Å²) in [5, 5.41) is 2.61. The Labute approximate surface area is 149 Å². The molecule has 1 aliphatic heterocycles. The lowest BCUT2D eigenvalue weighted by Gasteiger charge is -2.27. The third kappa shape index (κ3) is 3.32. The fourth-order valence-electron chi connectivity index (χ4n) is 2.72. The zero-order valence-electron chi connectivity index (χ0n) is 13.7. The number of rotatable bonds is 2. The van der Waals surface area contributed by atoms with E-state index in [9.17, 15) is 14.4 Å². The van der Waals surface area contributed by atoms with Gasteiger partial charge in [-0.05, 0) is 54.8 Å². The molecule has 1 saturated heterocycles. The van der Waals surface area contributed by atoms with E-state index in [2.05, 4.69) is 5.32 Å². The summed E-state index contributed by atoms with van der Waals surface area (Å²) < 4.78 is 0. The van der Waals surface area contributed by atoms with Gasteiger partial charge in [0.25, 0.3) is 11.8 Å². The standard InChI is InChI=1S/C19H15ClN2O3/c1-11-7-12(2)9-14(8-11)22-18(24)15(17(23)21-19(22)25)10-13-5-3-4-6-16(13)20/h3-10H,1-2H3,(H,21,23,25). The Morgan fingerprint density at radius 3 is 2.28 bits per heavy atom. The second kappa shape index (κ2) is 6.53. The summed E-state index contributed by atoms with van der Waals surface area (Å²) in [5.74, 6) is -1.42. The minimum atomic E-state index is -0.767. The maximum atomic E-state index is 12.8. The van der Waals surface area contributed by atoms with Gasteiger partial charge in [-0.25, -0.2) is 9.69 Å². The van der Waals surface area contributed by atoms with Gasteiger partial charge >= 0.3 is 6.03 Å². The molecular formula is C19H15ClN2O3. The molecule has 126 valence electrons. The summed E-state index contributed by atoms with van der Waals surface area (Å²) in [5.41, 5.74) is 2.61. The van der Waals surface area contributed by atoms with E-state index in [-0.39, 0.29) is 5.57 Å². The number of barbiturate groups is 1. The van der Waals surface area contributed by atoms with Crippen molar-refractivity contribution in [1.29, 1.82) is 0 Å². The van der Waals surface area contributed by atoms with Crippen LogP contribution in [0.15, 0.2) is 48.0 Å². The SMILES string of the molecule is Cc1cc(C)cc(N2C(=O)NC(=O)C(=Cc3ccccc3Cl)C2=O)c1. The van der Waals surface area contributed by atoms with Crippen LogP contribution in [0.1, 0.15) is 16.7 Å². The summed E-state index contributed by atoms with van der Waals surface area (Å²) >= 11 is 6.09. The number of nitrogens with zero attached hydrogens (tertiary/aromatic N) is 1. The molecule has 2 aromatic rings. The lowest BCUT2D eigenvalue weighted by atomic mass is 10.1. The molecule has 2 aromatic carbocycles. The Bertz CT molecular complexity index is 914. The molecule has 0 bridgehead atoms. The summed E-state index contributed by atoms with van der Waals surface area (Å²) in [6, 6.07) is 11.4. The number of carbonyl (C=O) groups is 3. The van der Waals surface area contributed by atoms with Gasteiger partial charge in [0.1, 0.15) is 5.57 Å². The number of carbonyl (C=O) groups excluding carboxylic acids is 3. The highest BCUT2D eigenvalue weighted by atomic mass is 35.5. The molecule has 0 aromatic heterocycles. The number of hydrogen-bond acceptors (Lipinski definition) is 3. The minimum Gasteiger partial charge on any atom is -0.273 e. The molecule has 1 heterocycles. The molecular weight excluding hydrogens is 340 g/mol. The first-order chi connectivity index (χ1) is 11.9. The van der Waals surface area contributed by atoms with Gasteiger partial charge in [0.05, 0.1) is 5.69 Å². The molecule has 3 rings (SSSR count). The predicted octanol–water partition coefficient (Wildman–Crippen LogP) is 3.62. The molecule has 1 fully saturated rings. The molecule has 1 N–H and O–H groups in total. The van der Waals surface area contributed by atoms with Gasteiger partial charge in [-0.1, -0.05) is 35.9 Å². The Morgan fingerprint density at radius 2 is 1.64 bits per heavy atom. The first kappa shape index (κ1) is 16.9. The lowest BCUT2D eigenvalue weighted by molar-refractivity contribution is -0.122. The Kier molecular flexibility index (Phi) is 4.42. The van der Waals surface area contributed by atoms with E-state index >= 15 is 0 Å². The second-order valence-electron chi connectivity index (χ2n) is 5.83. The quantitative estimate of drug-likeness (QED) is 0.661. The van der Waals surface area contributed by atoms with Crippen LogP contribution in [0.25, 0.3) is 6.08 Å². The Hall–Kier alpha value is -2.92. The number of amides is 4. The predicted molar refractivity (Wildman–Crippen MR) is 96.4 cm³/mol. The van der Waals surface area contributed by atoms with Crippen LogP contribution in [0.4, 0.5) is 10.5 Å². The van der Waals surface area contributed by atoms with Crippen molar-refractivity contribution < 1.29 is 14.4 Å². The molecule has 1 aliphatic rings. The number of hydrogen-bond donors (Lipinski definition) is 1. The Morgan fingerprint density at radius 1 is 1.00 bits per heavy atom. The molecule has 0 unspecified atom stereocenters. The number of anilines is 1. The van der Waals surface area contributed by atoms with Crippen molar-refractivity contribution in [2.45, 2.75) is 13.8 Å². The largest absolute Gasteiger partial charge is 0.335 e. The van der Waals surface area contributed by atoms with Crippen molar-refractivity contribution >= 4 is 41.2 Å². The molecule has 0 radical (unpaired) electrons. The zero-order valence-corrected chi connectivity index (χ0v) is 14.4. The monoisotopic (exact) mass is 354 g/mol. The molecule has 5 nitrogen and oxygen atoms in total. The average Bonchev–Trinajstić information content (AvgIpc) is 2.52. The fourth-order valence-corrected chi connectivity index (χ4v) is 2.91. The van der Waals surface area contributed by atoms with Crippen LogP contribution in [-0.4, -0.2) is 17.8 Å². The number of halogens is 1. The molecule has 0 aliphatic carbocycles. The van der Waals surface area contributed by atoms with E-state index in [1.807, 2.05) is 19.9 Å². The van der Waals surface area contributed by atoms with Crippen LogP contribution >= 0.6 is 11.6 Å². The molecule has 6 heteroatoms. The van der Waals surface area contributed by atoms with Crippen LogP contribution in [0.3, 0.4) is 0 Å². The molecule has 0 saturated carbocycles. The highest BCUT2D eigenvalue weighted by molar-refractivity contribution is 6.39. The first-order valence-corrected chi connectivity index (χ1v) is 7.99. The summed E-state index contributed by atoms with van der Waals surface area (Å²) in [6.07, 6.45) is 1.39. The van der Waals surface area contributed by atoms with Crippen LogP contribution in [0.2, 0.25) is 5.02 Å². The van der Waals surface area contributed by atoms with E-state index in [0.717, 1.165) is 16.0 Å². The Balaban J connectivity index is 2.07. The first-order valence-electron chi connectivity index (χ1n) is 7.61. The zero-order chi connectivity index (χ0) is 18.1. The normalized spacial score (nSPS) is 16.4. The smallest absolute Gasteiger partial charge is 0.273 e. The van der Waals surface area contributed by atoms with Gasteiger partial charge in [0.2, 0.25) is 0 Å². The summed E-state index contributed by atoms with van der Waals surface area (Å²) in [7, 11) is 0. The topological polar surface area (TPSA) is 66.5 Å². The number of urea groups is 1. The molecule has 25 heavy (non-hydrogen) atoms. The lowest BCUT2D eigenvalue weighted by Crippen LogP contribution is -2.54. The van der Waals surface area contributed by atoms with E-state index in [1.54, 1.807) is 36.4 Å². The van der Waals surface area contributed by atoms with Crippen molar-refractivity contribution in [1.82, 2.24) is 5.32 Å². The average molecular weight is 355 g/mol. The van der Waals surface area contributed by atoms with E-state index in [1.165, 1.54) is 6.08 Å². The van der Waals surface area contributed by atoms with E-state index < -0.39 is 17.8 Å². The van der Waals surface area contributed by atoms with Crippen LogP contribution in [-0.2, 0) is 9.59 Å². The number of aryl methyl sites for hydroxylation is 2. The van der Waals surface area contributed by atoms with Crippen LogP contribution in [0.5, 0.6) is 0 Å². The maximum Gasteiger partial charge on any atom is 0.335 e. The number of nitrogens with one attached hydrogen (secondary N) is 1. The van der Waals surface area contributed by atoms with Gasteiger partial charge in [-0.2, -0.15) is 0 Å². The van der Waals surface area contributed by atoms with Gasteiger partial charge < -0.3 is 0 Å². The van der Waals surface area contributed by atoms with Crippen molar-refractivity contribution in [2.75, 3.05) is 4.90 Å². The number of benzene rings is 2. The van der Waals surface area contributed by atoms with Crippen LogP contribution < -0.4 is 10.2 Å². The number of imide groups is 2. The van der Waals surface area contributed by atoms with Crippen molar-refractivity contribution in [3.05, 3.63) is 69.8 Å². The fraction of sp³-hybridized carbons (Fsp3) is 0.105. The molecule has 0 spiro atoms. The van der Waals surface area contributed by atoms with Crippen molar-refractivity contribution in [2.24, 2.45) is 0 Å². The maximum absolute atomic E-state index is 12.8. The second-order valence-corrected chi connectivity index (χ2v) is 6.23. The highest BCUT2D eigenvalue weighted by Crippen LogP contribution is 2.25. The minimum absolute atomic E-state index is 0.146. The molecule has 0 atom stereocenters. The van der Waals surface area contributed by atoms with E-state index in [4.69, 9.17) is 11.6 Å². The van der Waals surface area contributed by atoms with E-state index in [0.29, 0.717) is 16.3 Å². The summed E-state index contributed by atoms with van der Waals surface area (Å²) in [4.78, 5) is 38.2. The van der Waals surface area contributed by atoms with Crippen molar-refractivity contribution in [3.8, 4) is 0 Å². The third-order valence-corrected chi connectivity index (χ3v) is 4.12. The summed E-state index contributed by atoms with van der Waals surface area (Å²) in [6.45, 7) is 3.74. The van der Waals surface area contributed by atoms with Crippen LogP contribution in [0, 0.1) is 13.8 Å². The van der Waals surface area contributed by atoms with Gasteiger partial charge in [0, 0.05) is 5.02 Å². The third-order valence-electron chi connectivity index (χ3n) is 3.77. The highest BCUT2D eigenvalue weighted by Gasteiger charge is 2.37. The molecule has 4 amide bonds. The van der Waals surface area contributed by atoms with Gasteiger partial charge in [-0.15, -0.1) is 0 Å².